The molecule has 0 spiro atoms. The van der Waals surface area contributed by atoms with E-state index >= 15 is 0 Å². The van der Waals surface area contributed by atoms with Gasteiger partial charge in [0, 0.05) is 34.6 Å². The standard InChI is InChI=1S/C21H32BClN4O3/c1-21(2,3)27-19(28)12-4-6-17(15(9-12)22-30-11-24)26-20(29)18-10-13-8-14(23)5-7-16(13)25-18/h5,7-8,12,15,17-18,22,25H,4,6,9-11,24H2,1-3H3,(H,26,29)(H,27,28)/t12-,15+,17-,18?/m0/s1. The monoisotopic (exact) mass is 434 g/mol. The average molecular weight is 435 g/mol. The lowest BCUT2D eigenvalue weighted by atomic mass is 9.64. The number of rotatable bonds is 6. The summed E-state index contributed by atoms with van der Waals surface area (Å²) in [5.74, 6) is -0.0163. The number of anilines is 1. The van der Waals surface area contributed by atoms with E-state index in [4.69, 9.17) is 22.0 Å². The summed E-state index contributed by atoms with van der Waals surface area (Å²) < 4.78 is 5.47. The number of carbonyl (C=O) groups excluding carboxylic acids is 2. The Morgan fingerprint density at radius 3 is 2.77 bits per heavy atom. The van der Waals surface area contributed by atoms with E-state index in [2.05, 4.69) is 16.0 Å². The second-order valence-electron chi connectivity index (χ2n) is 9.36. The maximum Gasteiger partial charge on any atom is 0.281 e. The Morgan fingerprint density at radius 2 is 2.07 bits per heavy atom. The molecule has 1 unspecified atom stereocenters. The predicted octanol–water partition coefficient (Wildman–Crippen LogP) is 1.95. The second kappa shape index (κ2) is 9.58. The Morgan fingerprint density at radius 1 is 1.30 bits per heavy atom. The number of amides is 2. The molecule has 2 aliphatic rings. The highest BCUT2D eigenvalue weighted by atomic mass is 35.5. The van der Waals surface area contributed by atoms with Crippen molar-refractivity contribution in [1.82, 2.24) is 10.6 Å². The summed E-state index contributed by atoms with van der Waals surface area (Å²) in [7, 11) is 0.425. The first-order chi connectivity index (χ1) is 14.2. The molecule has 3 rings (SSSR count). The molecule has 0 saturated heterocycles. The van der Waals surface area contributed by atoms with Gasteiger partial charge < -0.3 is 26.3 Å². The summed E-state index contributed by atoms with van der Waals surface area (Å²) in [6, 6.07) is 5.25. The molecule has 1 fully saturated rings. The van der Waals surface area contributed by atoms with Crippen molar-refractivity contribution in [3.05, 3.63) is 28.8 Å². The van der Waals surface area contributed by atoms with E-state index in [1.807, 2.05) is 39.0 Å². The van der Waals surface area contributed by atoms with Crippen LogP contribution in [0.2, 0.25) is 10.8 Å². The molecule has 7 nitrogen and oxygen atoms in total. The molecule has 1 aliphatic carbocycles. The highest BCUT2D eigenvalue weighted by Gasteiger charge is 2.38. The highest BCUT2D eigenvalue weighted by molar-refractivity contribution is 6.31. The van der Waals surface area contributed by atoms with E-state index in [-0.39, 0.29) is 47.9 Å². The Labute approximate surface area is 184 Å². The van der Waals surface area contributed by atoms with Gasteiger partial charge in [-0.25, -0.2) is 0 Å². The summed E-state index contributed by atoms with van der Waals surface area (Å²) in [4.78, 5) is 25.6. The largest absolute Gasteiger partial charge is 0.427 e. The Hall–Kier alpha value is -1.77. The van der Waals surface area contributed by atoms with E-state index < -0.39 is 0 Å². The fraction of sp³-hybridized carbons (Fsp3) is 0.619. The summed E-state index contributed by atoms with van der Waals surface area (Å²) in [6.07, 6.45) is 2.74. The second-order valence-corrected chi connectivity index (χ2v) is 9.80. The molecule has 9 heteroatoms. The average Bonchev–Trinajstić information content (AvgIpc) is 3.09. The van der Waals surface area contributed by atoms with Crippen LogP contribution in [0.25, 0.3) is 0 Å². The molecular weight excluding hydrogens is 403 g/mol. The van der Waals surface area contributed by atoms with Gasteiger partial charge in [-0.15, -0.1) is 0 Å². The fourth-order valence-corrected chi connectivity index (χ4v) is 4.53. The highest BCUT2D eigenvalue weighted by Crippen LogP contribution is 2.34. The third-order valence-corrected chi connectivity index (χ3v) is 6.00. The zero-order chi connectivity index (χ0) is 21.9. The normalized spacial score (nSPS) is 25.8. The molecule has 1 aromatic rings. The first-order valence-corrected chi connectivity index (χ1v) is 11.0. The van der Waals surface area contributed by atoms with E-state index in [1.165, 1.54) is 0 Å². The van der Waals surface area contributed by atoms with E-state index in [9.17, 15) is 9.59 Å². The Kier molecular flexibility index (Phi) is 7.32. The molecule has 30 heavy (non-hydrogen) atoms. The molecule has 1 aliphatic heterocycles. The lowest BCUT2D eigenvalue weighted by molar-refractivity contribution is -0.127. The maximum absolute atomic E-state index is 12.9. The van der Waals surface area contributed by atoms with Gasteiger partial charge in [-0.1, -0.05) is 11.6 Å². The maximum atomic E-state index is 12.9. The third-order valence-electron chi connectivity index (χ3n) is 5.77. The van der Waals surface area contributed by atoms with Crippen molar-refractivity contribution in [1.29, 1.82) is 0 Å². The lowest BCUT2D eigenvalue weighted by Gasteiger charge is -2.37. The zero-order valence-corrected chi connectivity index (χ0v) is 18.7. The first kappa shape index (κ1) is 22.9. The van der Waals surface area contributed by atoms with Crippen LogP contribution in [-0.4, -0.2) is 43.7 Å². The number of benzene rings is 1. The van der Waals surface area contributed by atoms with Crippen molar-refractivity contribution >= 4 is 36.6 Å². The van der Waals surface area contributed by atoms with E-state index in [0.717, 1.165) is 24.1 Å². The zero-order valence-electron chi connectivity index (χ0n) is 18.0. The van der Waals surface area contributed by atoms with Crippen molar-refractivity contribution in [3.8, 4) is 0 Å². The van der Waals surface area contributed by atoms with Crippen molar-refractivity contribution in [2.24, 2.45) is 11.7 Å². The number of carbonyl (C=O) groups is 2. The summed E-state index contributed by atoms with van der Waals surface area (Å²) in [5, 5.41) is 10.2. The summed E-state index contributed by atoms with van der Waals surface area (Å²) in [6.45, 7) is 6.05. The molecule has 1 heterocycles. The van der Waals surface area contributed by atoms with Gasteiger partial charge in [0.05, 0.1) is 6.73 Å². The van der Waals surface area contributed by atoms with Crippen LogP contribution < -0.4 is 21.7 Å². The van der Waals surface area contributed by atoms with Gasteiger partial charge in [0.15, 0.2) is 0 Å². The van der Waals surface area contributed by atoms with Crippen LogP contribution in [0, 0.1) is 5.92 Å². The van der Waals surface area contributed by atoms with Crippen molar-refractivity contribution in [2.75, 3.05) is 12.0 Å². The SMILES string of the molecule is CC(C)(C)NC(=O)[C@H]1CC[C@H](NC(=O)C2Cc3cc(Cl)ccc3N2)[C@H](BOCN)C1. The number of nitrogens with two attached hydrogens (primary N) is 1. The summed E-state index contributed by atoms with van der Waals surface area (Å²) in [5.41, 5.74) is 7.25. The van der Waals surface area contributed by atoms with Crippen LogP contribution >= 0.6 is 11.6 Å². The molecule has 1 aromatic carbocycles. The van der Waals surface area contributed by atoms with Crippen LogP contribution in [0.15, 0.2) is 18.2 Å². The Balaban J connectivity index is 1.60. The van der Waals surface area contributed by atoms with Crippen molar-refractivity contribution in [2.45, 2.75) is 69.9 Å². The van der Waals surface area contributed by atoms with Crippen LogP contribution in [0.4, 0.5) is 5.69 Å². The lowest BCUT2D eigenvalue weighted by Crippen LogP contribution is -2.51. The van der Waals surface area contributed by atoms with Crippen LogP contribution in [0.1, 0.15) is 45.6 Å². The van der Waals surface area contributed by atoms with Crippen molar-refractivity contribution < 1.29 is 14.2 Å². The molecule has 0 radical (unpaired) electrons. The van der Waals surface area contributed by atoms with Crippen molar-refractivity contribution in [3.63, 3.8) is 0 Å². The first-order valence-electron chi connectivity index (χ1n) is 10.6. The third kappa shape index (κ3) is 5.90. The minimum Gasteiger partial charge on any atom is -0.427 e. The van der Waals surface area contributed by atoms with Gasteiger partial charge in [-0.2, -0.15) is 0 Å². The quantitative estimate of drug-likeness (QED) is 0.404. The van der Waals surface area contributed by atoms with Gasteiger partial charge in [0.25, 0.3) is 7.48 Å². The molecule has 0 aromatic heterocycles. The number of nitrogens with one attached hydrogen (secondary N) is 3. The fourth-order valence-electron chi connectivity index (χ4n) is 4.34. The van der Waals surface area contributed by atoms with E-state index in [1.54, 1.807) is 0 Å². The van der Waals surface area contributed by atoms with Gasteiger partial charge in [-0.05, 0) is 69.6 Å². The number of hydrogen-bond donors (Lipinski definition) is 4. The van der Waals surface area contributed by atoms with Crippen LogP contribution in [0.5, 0.6) is 0 Å². The topological polar surface area (TPSA) is 105 Å². The smallest absolute Gasteiger partial charge is 0.281 e. The number of halogens is 1. The van der Waals surface area contributed by atoms with Gasteiger partial charge in [-0.3, -0.25) is 9.59 Å². The van der Waals surface area contributed by atoms with Crippen LogP contribution in [0.3, 0.4) is 0 Å². The molecule has 1 saturated carbocycles. The van der Waals surface area contributed by atoms with Crippen LogP contribution in [-0.2, 0) is 20.7 Å². The minimum absolute atomic E-state index is 0.0392. The van der Waals surface area contributed by atoms with E-state index in [0.29, 0.717) is 25.3 Å². The number of fused-ring (bicyclic) bond motifs is 1. The molecule has 164 valence electrons. The molecule has 2 amide bonds. The number of hydrogen-bond acceptors (Lipinski definition) is 5. The van der Waals surface area contributed by atoms with Gasteiger partial charge >= 0.3 is 0 Å². The predicted molar refractivity (Wildman–Crippen MR) is 121 cm³/mol. The van der Waals surface area contributed by atoms with Gasteiger partial charge in [0.2, 0.25) is 11.8 Å². The molecule has 0 bridgehead atoms. The summed E-state index contributed by atoms with van der Waals surface area (Å²) >= 11 is 6.07. The molecular formula is C21H32BClN4O3. The minimum atomic E-state index is -0.323. The molecule has 4 atom stereocenters. The van der Waals surface area contributed by atoms with Gasteiger partial charge in [0.1, 0.15) is 6.04 Å². The molecule has 5 N–H and O–H groups in total. The Bertz CT molecular complexity index is 786.